The van der Waals surface area contributed by atoms with E-state index in [-0.39, 0.29) is 10.8 Å². The second-order valence-electron chi connectivity index (χ2n) is 5.97. The third-order valence-corrected chi connectivity index (χ3v) is 4.82. The minimum absolute atomic E-state index is 0.0794. The Balaban J connectivity index is 2.13. The summed E-state index contributed by atoms with van der Waals surface area (Å²) in [7, 11) is -2.23. The molecule has 0 aromatic heterocycles. The number of methoxy groups -OCH3 is 1. The van der Waals surface area contributed by atoms with E-state index in [1.165, 1.54) is 31.4 Å². The number of amides is 1. The van der Waals surface area contributed by atoms with E-state index in [0.717, 1.165) is 0 Å². The minimum Gasteiger partial charge on any atom is -0.497 e. The molecule has 0 aliphatic carbocycles. The summed E-state index contributed by atoms with van der Waals surface area (Å²) in [6, 6.07) is 12.4. The van der Waals surface area contributed by atoms with Crippen LogP contribution in [0.5, 0.6) is 5.75 Å². The maximum absolute atomic E-state index is 12.4. The van der Waals surface area contributed by atoms with Crippen molar-refractivity contribution < 1.29 is 17.9 Å². The Morgan fingerprint density at radius 2 is 1.80 bits per heavy atom. The molecule has 0 saturated heterocycles. The highest BCUT2D eigenvalue weighted by molar-refractivity contribution is 7.92. The molecule has 1 amide bonds. The topological polar surface area (TPSA) is 84.5 Å². The summed E-state index contributed by atoms with van der Waals surface area (Å²) in [6.07, 6.45) is 0. The molecular weight excluding hydrogens is 340 g/mol. The second kappa shape index (κ2) is 8.02. The first-order chi connectivity index (χ1) is 11.8. The van der Waals surface area contributed by atoms with Crippen molar-refractivity contribution >= 4 is 21.6 Å². The van der Waals surface area contributed by atoms with E-state index < -0.39 is 10.0 Å². The molecule has 2 N–H and O–H groups in total. The molecule has 134 valence electrons. The second-order valence-corrected chi connectivity index (χ2v) is 7.65. The molecule has 0 aliphatic rings. The summed E-state index contributed by atoms with van der Waals surface area (Å²) >= 11 is 0. The molecule has 0 atom stereocenters. The van der Waals surface area contributed by atoms with Gasteiger partial charge in [0.2, 0.25) is 0 Å². The van der Waals surface area contributed by atoms with Crippen LogP contribution in [0.15, 0.2) is 53.4 Å². The molecule has 0 heterocycles. The van der Waals surface area contributed by atoms with Gasteiger partial charge in [-0.3, -0.25) is 9.52 Å². The largest absolute Gasteiger partial charge is 0.497 e. The van der Waals surface area contributed by atoms with Crippen molar-refractivity contribution in [1.29, 1.82) is 0 Å². The molecule has 2 aromatic rings. The molecule has 0 bridgehead atoms. The predicted octanol–water partition coefficient (Wildman–Crippen LogP) is 2.88. The number of ether oxygens (including phenoxy) is 1. The zero-order valence-electron chi connectivity index (χ0n) is 14.4. The quantitative estimate of drug-likeness (QED) is 0.793. The van der Waals surface area contributed by atoms with Gasteiger partial charge in [0.15, 0.2) is 0 Å². The number of nitrogens with one attached hydrogen (secondary N) is 2. The van der Waals surface area contributed by atoms with Crippen molar-refractivity contribution in [2.45, 2.75) is 18.7 Å². The Morgan fingerprint density at radius 3 is 2.40 bits per heavy atom. The molecule has 7 heteroatoms. The van der Waals surface area contributed by atoms with Crippen molar-refractivity contribution in [3.05, 3.63) is 54.1 Å². The van der Waals surface area contributed by atoms with Gasteiger partial charge in [0, 0.05) is 18.2 Å². The Hall–Kier alpha value is -2.54. The summed E-state index contributed by atoms with van der Waals surface area (Å²) < 4.78 is 32.5. The van der Waals surface area contributed by atoms with Crippen LogP contribution in [0.1, 0.15) is 24.2 Å². The Morgan fingerprint density at radius 1 is 1.12 bits per heavy atom. The van der Waals surface area contributed by atoms with Crippen molar-refractivity contribution in [3.8, 4) is 5.75 Å². The van der Waals surface area contributed by atoms with Crippen molar-refractivity contribution in [3.63, 3.8) is 0 Å². The standard InChI is InChI=1S/C18H22N2O4S/c1-13(2)12-19-18(21)14-7-9-17(10-8-14)25(22,23)20-15-5-4-6-16(11-15)24-3/h4-11,13,20H,12H2,1-3H3,(H,19,21). The minimum atomic E-state index is -3.74. The first kappa shape index (κ1) is 18.8. The number of sulfonamides is 1. The van der Waals surface area contributed by atoms with Gasteiger partial charge in [-0.15, -0.1) is 0 Å². The molecule has 0 fully saturated rings. The van der Waals surface area contributed by atoms with Gasteiger partial charge >= 0.3 is 0 Å². The van der Waals surface area contributed by atoms with Crippen molar-refractivity contribution in [2.75, 3.05) is 18.4 Å². The zero-order valence-corrected chi connectivity index (χ0v) is 15.3. The van der Waals surface area contributed by atoms with Crippen LogP contribution >= 0.6 is 0 Å². The zero-order chi connectivity index (χ0) is 18.4. The molecule has 0 unspecified atom stereocenters. The molecule has 2 rings (SSSR count). The lowest BCUT2D eigenvalue weighted by molar-refractivity contribution is 0.0949. The van der Waals surface area contributed by atoms with Crippen molar-refractivity contribution in [2.24, 2.45) is 5.92 Å². The number of hydrogen-bond acceptors (Lipinski definition) is 4. The van der Waals surface area contributed by atoms with E-state index >= 15 is 0 Å². The van der Waals surface area contributed by atoms with E-state index in [2.05, 4.69) is 10.0 Å². The molecule has 0 aliphatic heterocycles. The highest BCUT2D eigenvalue weighted by Crippen LogP contribution is 2.20. The van der Waals surface area contributed by atoms with Crippen LogP contribution in [0.3, 0.4) is 0 Å². The van der Waals surface area contributed by atoms with Gasteiger partial charge in [-0.2, -0.15) is 0 Å². The van der Waals surface area contributed by atoms with Gasteiger partial charge in [0.25, 0.3) is 15.9 Å². The highest BCUT2D eigenvalue weighted by atomic mass is 32.2. The molecular formula is C18H22N2O4S. The van der Waals surface area contributed by atoms with E-state index in [1.54, 1.807) is 24.3 Å². The van der Waals surface area contributed by atoms with Crippen LogP contribution in [0.2, 0.25) is 0 Å². The van der Waals surface area contributed by atoms with E-state index in [0.29, 0.717) is 29.5 Å². The first-order valence-electron chi connectivity index (χ1n) is 7.87. The number of benzene rings is 2. The monoisotopic (exact) mass is 362 g/mol. The van der Waals surface area contributed by atoms with Gasteiger partial charge in [0.05, 0.1) is 17.7 Å². The summed E-state index contributed by atoms with van der Waals surface area (Å²) in [4.78, 5) is 12.1. The lowest BCUT2D eigenvalue weighted by Crippen LogP contribution is -2.27. The highest BCUT2D eigenvalue weighted by Gasteiger charge is 2.15. The predicted molar refractivity (Wildman–Crippen MR) is 97.4 cm³/mol. The number of rotatable bonds is 7. The summed E-state index contributed by atoms with van der Waals surface area (Å²) in [6.45, 7) is 4.57. The molecule has 6 nitrogen and oxygen atoms in total. The average molecular weight is 362 g/mol. The molecule has 2 aromatic carbocycles. The molecule has 0 saturated carbocycles. The number of hydrogen-bond donors (Lipinski definition) is 2. The molecule has 25 heavy (non-hydrogen) atoms. The van der Waals surface area contributed by atoms with Crippen LogP contribution < -0.4 is 14.8 Å². The maximum atomic E-state index is 12.4. The van der Waals surface area contributed by atoms with E-state index in [9.17, 15) is 13.2 Å². The van der Waals surface area contributed by atoms with Crippen LogP contribution in [-0.2, 0) is 10.0 Å². The first-order valence-corrected chi connectivity index (χ1v) is 9.35. The van der Waals surface area contributed by atoms with E-state index in [4.69, 9.17) is 4.74 Å². The van der Waals surface area contributed by atoms with E-state index in [1.807, 2.05) is 13.8 Å². The maximum Gasteiger partial charge on any atom is 0.261 e. The smallest absolute Gasteiger partial charge is 0.261 e. The summed E-state index contributed by atoms with van der Waals surface area (Å²) in [5.74, 6) is 0.673. The SMILES string of the molecule is COc1cccc(NS(=O)(=O)c2ccc(C(=O)NCC(C)C)cc2)c1. The van der Waals surface area contributed by atoms with Crippen LogP contribution in [-0.4, -0.2) is 28.0 Å². The third-order valence-electron chi connectivity index (χ3n) is 3.42. The van der Waals surface area contributed by atoms with Crippen molar-refractivity contribution in [1.82, 2.24) is 5.32 Å². The number of carbonyl (C=O) groups is 1. The fourth-order valence-electron chi connectivity index (χ4n) is 2.08. The lowest BCUT2D eigenvalue weighted by Gasteiger charge is -2.10. The number of carbonyl (C=O) groups excluding carboxylic acids is 1. The van der Waals surface area contributed by atoms with Gasteiger partial charge in [0.1, 0.15) is 5.75 Å². The molecule has 0 radical (unpaired) electrons. The van der Waals surface area contributed by atoms with Crippen LogP contribution in [0, 0.1) is 5.92 Å². The normalized spacial score (nSPS) is 11.2. The fourth-order valence-corrected chi connectivity index (χ4v) is 3.13. The van der Waals surface area contributed by atoms with Gasteiger partial charge < -0.3 is 10.1 Å². The van der Waals surface area contributed by atoms with Gasteiger partial charge in [-0.1, -0.05) is 19.9 Å². The fraction of sp³-hybridized carbons (Fsp3) is 0.278. The van der Waals surface area contributed by atoms with Gasteiger partial charge in [-0.05, 0) is 42.3 Å². The average Bonchev–Trinajstić information content (AvgIpc) is 2.59. The lowest BCUT2D eigenvalue weighted by atomic mass is 10.2. The third kappa shape index (κ3) is 5.22. The summed E-state index contributed by atoms with van der Waals surface area (Å²) in [5.41, 5.74) is 0.819. The Labute approximate surface area is 148 Å². The van der Waals surface area contributed by atoms with Crippen LogP contribution in [0.25, 0.3) is 0 Å². The Bertz CT molecular complexity index is 830. The molecule has 0 spiro atoms. The Kier molecular flexibility index (Phi) is 6.03. The summed E-state index contributed by atoms with van der Waals surface area (Å²) in [5, 5.41) is 2.79. The van der Waals surface area contributed by atoms with Crippen LogP contribution in [0.4, 0.5) is 5.69 Å². The van der Waals surface area contributed by atoms with Gasteiger partial charge in [-0.25, -0.2) is 8.42 Å². The number of anilines is 1.